The van der Waals surface area contributed by atoms with Gasteiger partial charge in [-0.2, -0.15) is 0 Å². The lowest BCUT2D eigenvalue weighted by molar-refractivity contribution is -0.124. The third kappa shape index (κ3) is 4.72. The number of carbonyl (C=O) groups is 1. The largest absolute Gasteiger partial charge is 0.298 e. The zero-order valence-corrected chi connectivity index (χ0v) is 10.2. The number of sulfonamides is 1. The number of Topliss-reactive ketones (excluding diaryl/α,β-unsaturated/α-hetero) is 1. The van der Waals surface area contributed by atoms with Crippen molar-refractivity contribution in [2.24, 2.45) is 11.8 Å². The van der Waals surface area contributed by atoms with E-state index in [1.54, 1.807) is 13.8 Å². The van der Waals surface area contributed by atoms with Gasteiger partial charge in [0.05, 0.1) is 12.3 Å². The molecular weight excluding hydrogens is 202 g/mol. The third-order valence-electron chi connectivity index (χ3n) is 1.88. The first-order valence-corrected chi connectivity index (χ1v) is 6.55. The fourth-order valence-corrected chi connectivity index (χ4v) is 1.96. The van der Waals surface area contributed by atoms with Crippen molar-refractivity contribution in [1.82, 2.24) is 4.72 Å². The first-order chi connectivity index (χ1) is 6.15. The molecule has 0 heterocycles. The van der Waals surface area contributed by atoms with E-state index < -0.39 is 16.1 Å². The van der Waals surface area contributed by atoms with Crippen molar-refractivity contribution >= 4 is 15.8 Å². The lowest BCUT2D eigenvalue weighted by atomic mass is 9.94. The van der Waals surface area contributed by atoms with Gasteiger partial charge in [0.2, 0.25) is 10.0 Å². The van der Waals surface area contributed by atoms with Crippen molar-refractivity contribution < 1.29 is 13.2 Å². The second-order valence-electron chi connectivity index (χ2n) is 4.17. The minimum atomic E-state index is -3.32. The maximum Gasteiger partial charge on any atom is 0.209 e. The molecule has 0 aliphatic rings. The van der Waals surface area contributed by atoms with Gasteiger partial charge in [-0.05, 0) is 5.92 Å². The molecule has 0 bridgehead atoms. The van der Waals surface area contributed by atoms with Crippen LogP contribution in [0.4, 0.5) is 0 Å². The highest BCUT2D eigenvalue weighted by Crippen LogP contribution is 2.09. The molecule has 0 saturated carbocycles. The SMILES string of the molecule is CC(C)C(=O)C(NS(C)(=O)=O)C(C)C. The quantitative estimate of drug-likeness (QED) is 0.746. The van der Waals surface area contributed by atoms with Crippen LogP contribution in [0.5, 0.6) is 0 Å². The Bertz CT molecular complexity index is 293. The molecule has 0 aliphatic heterocycles. The van der Waals surface area contributed by atoms with Crippen LogP contribution in [-0.4, -0.2) is 26.5 Å². The fourth-order valence-electron chi connectivity index (χ4n) is 1.11. The number of ketones is 1. The number of rotatable bonds is 5. The first-order valence-electron chi connectivity index (χ1n) is 4.66. The summed E-state index contributed by atoms with van der Waals surface area (Å²) in [5, 5.41) is 0. The summed E-state index contributed by atoms with van der Waals surface area (Å²) in [5.74, 6) is -0.248. The molecule has 0 radical (unpaired) electrons. The second kappa shape index (κ2) is 4.89. The molecule has 1 atom stereocenters. The van der Waals surface area contributed by atoms with Crippen LogP contribution in [0, 0.1) is 11.8 Å². The van der Waals surface area contributed by atoms with Gasteiger partial charge in [0.25, 0.3) is 0 Å². The van der Waals surface area contributed by atoms with Crippen molar-refractivity contribution in [2.45, 2.75) is 33.7 Å². The summed E-state index contributed by atoms with van der Waals surface area (Å²) >= 11 is 0. The van der Waals surface area contributed by atoms with E-state index in [0.29, 0.717) is 0 Å². The average Bonchev–Trinajstić information content (AvgIpc) is 1.96. The highest BCUT2D eigenvalue weighted by Gasteiger charge is 2.26. The molecule has 4 nitrogen and oxygen atoms in total. The van der Waals surface area contributed by atoms with Gasteiger partial charge in [0.1, 0.15) is 0 Å². The molecule has 0 spiro atoms. The molecule has 0 aromatic heterocycles. The molecule has 1 unspecified atom stereocenters. The topological polar surface area (TPSA) is 63.2 Å². The van der Waals surface area contributed by atoms with E-state index in [4.69, 9.17) is 0 Å². The maximum absolute atomic E-state index is 11.6. The Labute approximate surface area is 86.1 Å². The van der Waals surface area contributed by atoms with E-state index in [0.717, 1.165) is 6.26 Å². The Morgan fingerprint density at radius 2 is 1.57 bits per heavy atom. The van der Waals surface area contributed by atoms with E-state index in [2.05, 4.69) is 4.72 Å². The first kappa shape index (κ1) is 13.6. The monoisotopic (exact) mass is 221 g/mol. The maximum atomic E-state index is 11.6. The van der Waals surface area contributed by atoms with Gasteiger partial charge in [-0.25, -0.2) is 13.1 Å². The Kier molecular flexibility index (Phi) is 4.74. The van der Waals surface area contributed by atoms with E-state index in [1.807, 2.05) is 13.8 Å². The van der Waals surface area contributed by atoms with Gasteiger partial charge >= 0.3 is 0 Å². The minimum Gasteiger partial charge on any atom is -0.298 e. The predicted octanol–water partition coefficient (Wildman–Crippen LogP) is 0.785. The van der Waals surface area contributed by atoms with Crippen LogP contribution in [0.15, 0.2) is 0 Å². The van der Waals surface area contributed by atoms with Crippen molar-refractivity contribution in [3.8, 4) is 0 Å². The molecule has 0 aromatic carbocycles. The summed E-state index contributed by atoms with van der Waals surface area (Å²) in [6.07, 6.45) is 1.07. The Balaban J connectivity index is 4.71. The second-order valence-corrected chi connectivity index (χ2v) is 5.95. The van der Waals surface area contributed by atoms with Crippen LogP contribution >= 0.6 is 0 Å². The van der Waals surface area contributed by atoms with Crippen LogP contribution in [0.3, 0.4) is 0 Å². The number of hydrogen-bond acceptors (Lipinski definition) is 3. The van der Waals surface area contributed by atoms with Crippen molar-refractivity contribution in [1.29, 1.82) is 0 Å². The zero-order chi connectivity index (χ0) is 11.5. The number of carbonyl (C=O) groups excluding carboxylic acids is 1. The van der Waals surface area contributed by atoms with Gasteiger partial charge in [0, 0.05) is 5.92 Å². The Morgan fingerprint density at radius 3 is 1.79 bits per heavy atom. The normalized spacial score (nSPS) is 14.8. The molecule has 84 valence electrons. The van der Waals surface area contributed by atoms with E-state index in [1.165, 1.54) is 0 Å². The van der Waals surface area contributed by atoms with Crippen LogP contribution < -0.4 is 4.72 Å². The molecule has 0 amide bonds. The summed E-state index contributed by atoms with van der Waals surface area (Å²) in [5.41, 5.74) is 0. The molecule has 0 aromatic rings. The Morgan fingerprint density at radius 1 is 1.14 bits per heavy atom. The van der Waals surface area contributed by atoms with Gasteiger partial charge in [-0.1, -0.05) is 27.7 Å². The van der Waals surface area contributed by atoms with Crippen molar-refractivity contribution in [2.75, 3.05) is 6.26 Å². The van der Waals surface area contributed by atoms with Gasteiger partial charge in [0.15, 0.2) is 5.78 Å². The summed E-state index contributed by atoms with van der Waals surface area (Å²) in [6.45, 7) is 7.18. The fraction of sp³-hybridized carbons (Fsp3) is 0.889. The minimum absolute atomic E-state index is 0.0281. The predicted molar refractivity (Wildman–Crippen MR) is 56.5 cm³/mol. The highest BCUT2D eigenvalue weighted by molar-refractivity contribution is 7.88. The van der Waals surface area contributed by atoms with Crippen LogP contribution in [-0.2, 0) is 14.8 Å². The van der Waals surface area contributed by atoms with E-state index in [-0.39, 0.29) is 17.6 Å². The van der Waals surface area contributed by atoms with Gasteiger partial charge in [-0.3, -0.25) is 4.79 Å². The molecule has 0 rings (SSSR count). The Hall–Kier alpha value is -0.420. The highest BCUT2D eigenvalue weighted by atomic mass is 32.2. The molecule has 0 fully saturated rings. The van der Waals surface area contributed by atoms with Crippen molar-refractivity contribution in [3.63, 3.8) is 0 Å². The van der Waals surface area contributed by atoms with Gasteiger partial charge in [-0.15, -0.1) is 0 Å². The summed E-state index contributed by atoms with van der Waals surface area (Å²) < 4.78 is 24.4. The van der Waals surface area contributed by atoms with Crippen LogP contribution in [0.1, 0.15) is 27.7 Å². The van der Waals surface area contributed by atoms with Crippen LogP contribution in [0.2, 0.25) is 0 Å². The average molecular weight is 221 g/mol. The molecule has 0 saturated heterocycles. The zero-order valence-electron chi connectivity index (χ0n) is 9.37. The standard InChI is InChI=1S/C9H19NO3S/c1-6(2)8(9(11)7(3)4)10-14(5,12)13/h6-8,10H,1-5H3. The molecular formula is C9H19NO3S. The molecule has 1 N–H and O–H groups in total. The lowest BCUT2D eigenvalue weighted by Crippen LogP contribution is -2.45. The number of hydrogen-bond donors (Lipinski definition) is 1. The molecule has 5 heteroatoms. The number of nitrogens with one attached hydrogen (secondary N) is 1. The van der Waals surface area contributed by atoms with Crippen molar-refractivity contribution in [3.05, 3.63) is 0 Å². The smallest absolute Gasteiger partial charge is 0.209 e. The molecule has 14 heavy (non-hydrogen) atoms. The summed E-state index contributed by atoms with van der Waals surface area (Å²) in [6, 6.07) is -0.606. The lowest BCUT2D eigenvalue weighted by Gasteiger charge is -2.21. The van der Waals surface area contributed by atoms with E-state index in [9.17, 15) is 13.2 Å². The molecule has 0 aliphatic carbocycles. The summed E-state index contributed by atoms with van der Waals surface area (Å²) in [7, 11) is -3.32. The third-order valence-corrected chi connectivity index (χ3v) is 2.57. The summed E-state index contributed by atoms with van der Waals surface area (Å²) in [4.78, 5) is 11.6. The van der Waals surface area contributed by atoms with Crippen LogP contribution in [0.25, 0.3) is 0 Å². The van der Waals surface area contributed by atoms with E-state index >= 15 is 0 Å². The van der Waals surface area contributed by atoms with Gasteiger partial charge < -0.3 is 0 Å².